The van der Waals surface area contributed by atoms with Crippen LogP contribution in [0.5, 0.6) is 0 Å². The molecule has 1 saturated heterocycles. The molecule has 0 radical (unpaired) electrons. The Kier molecular flexibility index (Phi) is 4.97. The molecular weight excluding hydrogens is 306 g/mol. The van der Waals surface area contributed by atoms with Crippen molar-refractivity contribution in [2.45, 2.75) is 57.7 Å². The largest absolute Gasteiger partial charge is 0.459 e. The van der Waals surface area contributed by atoms with E-state index in [1.807, 2.05) is 30.3 Å². The Morgan fingerprint density at radius 3 is 2.54 bits per heavy atom. The number of hydrogen-bond donors (Lipinski definition) is 0. The van der Waals surface area contributed by atoms with Gasteiger partial charge in [-0.3, -0.25) is 9.59 Å². The van der Waals surface area contributed by atoms with Crippen LogP contribution in [0.15, 0.2) is 30.3 Å². The van der Waals surface area contributed by atoms with E-state index in [0.29, 0.717) is 12.3 Å². The lowest BCUT2D eigenvalue weighted by molar-refractivity contribution is -0.157. The van der Waals surface area contributed by atoms with E-state index in [0.717, 1.165) is 31.2 Å². The second-order valence-corrected chi connectivity index (χ2v) is 6.73. The van der Waals surface area contributed by atoms with Crippen molar-refractivity contribution in [1.29, 1.82) is 0 Å². The molecule has 5 nitrogen and oxygen atoms in total. The predicted octanol–water partition coefficient (Wildman–Crippen LogP) is 2.48. The van der Waals surface area contributed by atoms with Crippen molar-refractivity contribution in [3.05, 3.63) is 35.9 Å². The molecule has 1 aromatic rings. The van der Waals surface area contributed by atoms with Gasteiger partial charge in [-0.25, -0.2) is 4.79 Å². The summed E-state index contributed by atoms with van der Waals surface area (Å²) in [6.07, 6.45) is 4.64. The molecule has 128 valence electrons. The Morgan fingerprint density at radius 1 is 1.12 bits per heavy atom. The molecule has 2 aliphatic rings. The number of esters is 1. The fraction of sp³-hybridized carbons (Fsp3) is 0.526. The molecule has 1 heterocycles. The Bertz CT molecular complexity index is 628. The monoisotopic (exact) mass is 329 g/mol. The molecule has 0 spiro atoms. The number of nitrogens with zero attached hydrogens (tertiary/aromatic N) is 1. The number of hydrogen-bond acceptors (Lipinski definition) is 4. The SMILES string of the molecule is CC(=O)C(=O)N1C2CCCCC2C[C@H]1C(=O)OCc1ccccc1. The normalized spacial score (nSPS) is 25.9. The first-order valence-corrected chi connectivity index (χ1v) is 8.61. The lowest BCUT2D eigenvalue weighted by atomic mass is 9.84. The van der Waals surface area contributed by atoms with Crippen molar-refractivity contribution >= 4 is 17.7 Å². The molecule has 1 amide bonds. The number of Topliss-reactive ketones (excluding diaryl/α,β-unsaturated/α-hetero) is 1. The van der Waals surface area contributed by atoms with Crippen molar-refractivity contribution < 1.29 is 19.1 Å². The first kappa shape index (κ1) is 16.7. The van der Waals surface area contributed by atoms with Crippen LogP contribution in [0, 0.1) is 5.92 Å². The van der Waals surface area contributed by atoms with Crippen LogP contribution in [0.25, 0.3) is 0 Å². The first-order valence-electron chi connectivity index (χ1n) is 8.61. The molecule has 3 rings (SSSR count). The van der Waals surface area contributed by atoms with E-state index in [4.69, 9.17) is 4.74 Å². The Balaban J connectivity index is 1.72. The fourth-order valence-corrected chi connectivity index (χ4v) is 3.97. The van der Waals surface area contributed by atoms with Gasteiger partial charge in [-0.2, -0.15) is 0 Å². The molecule has 0 bridgehead atoms. The number of fused-ring (bicyclic) bond motifs is 1. The topological polar surface area (TPSA) is 63.7 Å². The summed E-state index contributed by atoms with van der Waals surface area (Å²) < 4.78 is 5.43. The number of benzene rings is 1. The highest BCUT2D eigenvalue weighted by atomic mass is 16.5. The van der Waals surface area contributed by atoms with Gasteiger partial charge in [0.15, 0.2) is 0 Å². The molecule has 3 atom stereocenters. The van der Waals surface area contributed by atoms with Gasteiger partial charge in [-0.1, -0.05) is 43.2 Å². The number of amides is 1. The number of likely N-dealkylation sites (tertiary alicyclic amines) is 1. The summed E-state index contributed by atoms with van der Waals surface area (Å²) in [6, 6.07) is 8.83. The van der Waals surface area contributed by atoms with E-state index in [1.54, 1.807) is 0 Å². The molecule has 0 aromatic heterocycles. The van der Waals surface area contributed by atoms with Crippen LogP contribution in [-0.2, 0) is 25.7 Å². The molecule has 1 saturated carbocycles. The molecule has 1 aromatic carbocycles. The van der Waals surface area contributed by atoms with E-state index >= 15 is 0 Å². The minimum atomic E-state index is -0.627. The van der Waals surface area contributed by atoms with Crippen LogP contribution in [0.1, 0.15) is 44.6 Å². The molecule has 0 N–H and O–H groups in total. The second-order valence-electron chi connectivity index (χ2n) is 6.73. The third-order valence-electron chi connectivity index (χ3n) is 5.12. The Morgan fingerprint density at radius 2 is 1.83 bits per heavy atom. The standard InChI is InChI=1S/C19H23NO4/c1-13(21)18(22)20-16-10-6-5-9-15(16)11-17(20)19(23)24-12-14-7-3-2-4-8-14/h2-4,7-8,15-17H,5-6,9-12H2,1H3/t15?,16?,17-/m0/s1. The molecule has 1 aliphatic heterocycles. The van der Waals surface area contributed by atoms with Gasteiger partial charge in [0.1, 0.15) is 12.6 Å². The highest BCUT2D eigenvalue weighted by Gasteiger charge is 2.48. The summed E-state index contributed by atoms with van der Waals surface area (Å²) in [4.78, 5) is 38.1. The molecular formula is C19H23NO4. The minimum absolute atomic E-state index is 0.00410. The van der Waals surface area contributed by atoms with E-state index < -0.39 is 23.7 Å². The van der Waals surface area contributed by atoms with Crippen molar-refractivity contribution in [2.24, 2.45) is 5.92 Å². The average Bonchev–Trinajstić information content (AvgIpc) is 2.99. The number of carbonyl (C=O) groups is 3. The molecule has 2 fully saturated rings. The molecule has 24 heavy (non-hydrogen) atoms. The van der Waals surface area contributed by atoms with Gasteiger partial charge in [0.25, 0.3) is 5.91 Å². The maximum absolute atomic E-state index is 12.6. The van der Waals surface area contributed by atoms with Gasteiger partial charge in [0.05, 0.1) is 0 Å². The quantitative estimate of drug-likeness (QED) is 0.629. The number of ether oxygens (including phenoxy) is 1. The predicted molar refractivity (Wildman–Crippen MR) is 87.9 cm³/mol. The van der Waals surface area contributed by atoms with Crippen molar-refractivity contribution in [2.75, 3.05) is 0 Å². The highest BCUT2D eigenvalue weighted by Crippen LogP contribution is 2.40. The summed E-state index contributed by atoms with van der Waals surface area (Å²) in [5.41, 5.74) is 0.908. The van der Waals surface area contributed by atoms with E-state index in [2.05, 4.69) is 0 Å². The smallest absolute Gasteiger partial charge is 0.329 e. The van der Waals surface area contributed by atoms with Crippen LogP contribution < -0.4 is 0 Å². The zero-order valence-electron chi connectivity index (χ0n) is 13.9. The van der Waals surface area contributed by atoms with Crippen LogP contribution in [0.2, 0.25) is 0 Å². The molecule has 2 unspecified atom stereocenters. The lowest BCUT2D eigenvalue weighted by Gasteiger charge is -2.32. The van der Waals surface area contributed by atoms with Gasteiger partial charge in [0, 0.05) is 13.0 Å². The zero-order chi connectivity index (χ0) is 17.1. The third kappa shape index (κ3) is 3.35. The first-order chi connectivity index (χ1) is 11.6. The second kappa shape index (κ2) is 7.16. The van der Waals surface area contributed by atoms with Gasteiger partial charge >= 0.3 is 5.97 Å². The number of ketones is 1. The van der Waals surface area contributed by atoms with Gasteiger partial charge in [0.2, 0.25) is 5.78 Å². The average molecular weight is 329 g/mol. The minimum Gasteiger partial charge on any atom is -0.459 e. The zero-order valence-corrected chi connectivity index (χ0v) is 13.9. The van der Waals surface area contributed by atoms with Crippen molar-refractivity contribution in [3.8, 4) is 0 Å². The van der Waals surface area contributed by atoms with Gasteiger partial charge < -0.3 is 9.64 Å². The van der Waals surface area contributed by atoms with E-state index in [9.17, 15) is 14.4 Å². The summed E-state index contributed by atoms with van der Waals surface area (Å²) in [6.45, 7) is 1.46. The summed E-state index contributed by atoms with van der Waals surface area (Å²) in [7, 11) is 0. The van der Waals surface area contributed by atoms with Crippen molar-refractivity contribution in [3.63, 3.8) is 0 Å². The lowest BCUT2D eigenvalue weighted by Crippen LogP contribution is -2.48. The van der Waals surface area contributed by atoms with Gasteiger partial charge in [-0.05, 0) is 30.7 Å². The van der Waals surface area contributed by atoms with Crippen LogP contribution >= 0.6 is 0 Å². The van der Waals surface area contributed by atoms with Crippen molar-refractivity contribution in [1.82, 2.24) is 4.90 Å². The molecule has 5 heteroatoms. The summed E-state index contributed by atoms with van der Waals surface area (Å²) >= 11 is 0. The summed E-state index contributed by atoms with van der Waals surface area (Å²) in [5, 5.41) is 0. The highest BCUT2D eigenvalue weighted by molar-refractivity contribution is 6.35. The number of carbonyl (C=O) groups excluding carboxylic acids is 3. The van der Waals surface area contributed by atoms with Crippen LogP contribution in [0.3, 0.4) is 0 Å². The summed E-state index contributed by atoms with van der Waals surface area (Å²) in [5.74, 6) is -1.16. The Labute approximate surface area is 142 Å². The van der Waals surface area contributed by atoms with Crippen LogP contribution in [-0.4, -0.2) is 34.6 Å². The fourth-order valence-electron chi connectivity index (χ4n) is 3.97. The van der Waals surface area contributed by atoms with Gasteiger partial charge in [-0.15, -0.1) is 0 Å². The maximum Gasteiger partial charge on any atom is 0.329 e. The van der Waals surface area contributed by atoms with Crippen LogP contribution in [0.4, 0.5) is 0 Å². The Hall–Kier alpha value is -2.17. The van der Waals surface area contributed by atoms with E-state index in [-0.39, 0.29) is 12.6 Å². The number of rotatable bonds is 4. The maximum atomic E-state index is 12.6. The molecule has 1 aliphatic carbocycles. The third-order valence-corrected chi connectivity index (χ3v) is 5.12. The van der Waals surface area contributed by atoms with E-state index in [1.165, 1.54) is 11.8 Å².